The molecule has 1 atom stereocenters. The number of hydrogen-bond donors (Lipinski definition) is 1. The first-order valence-corrected chi connectivity index (χ1v) is 7.54. The lowest BCUT2D eigenvalue weighted by Gasteiger charge is -2.25. The van der Waals surface area contributed by atoms with E-state index >= 15 is 0 Å². The van der Waals surface area contributed by atoms with E-state index in [0.29, 0.717) is 0 Å². The summed E-state index contributed by atoms with van der Waals surface area (Å²) >= 11 is 9.49. The summed E-state index contributed by atoms with van der Waals surface area (Å²) in [6, 6.07) is 6.02. The van der Waals surface area contributed by atoms with Gasteiger partial charge < -0.3 is 5.73 Å². The molecule has 0 amide bonds. The third-order valence-corrected chi connectivity index (χ3v) is 4.60. The molecule has 1 aromatic rings. The van der Waals surface area contributed by atoms with Crippen molar-refractivity contribution in [1.82, 2.24) is 0 Å². The third-order valence-electron chi connectivity index (χ3n) is 3.67. The lowest BCUT2D eigenvalue weighted by molar-refractivity contribution is 0.319. The Morgan fingerprint density at radius 2 is 2.00 bits per heavy atom. The van der Waals surface area contributed by atoms with Gasteiger partial charge in [-0.2, -0.15) is 0 Å². The summed E-state index contributed by atoms with van der Waals surface area (Å²) in [5.74, 6) is 0.807. The Kier molecular flexibility index (Phi) is 4.89. The molecule has 1 aliphatic rings. The summed E-state index contributed by atoms with van der Waals surface area (Å²) in [5, 5.41) is 0.755. The Balaban J connectivity index is 2.00. The summed E-state index contributed by atoms with van der Waals surface area (Å²) in [4.78, 5) is 0. The molecule has 1 aromatic carbocycles. The van der Waals surface area contributed by atoms with E-state index in [-0.39, 0.29) is 6.04 Å². The second-order valence-corrected chi connectivity index (χ2v) is 6.30. The highest BCUT2D eigenvalue weighted by atomic mass is 79.9. The van der Waals surface area contributed by atoms with E-state index < -0.39 is 0 Å². The van der Waals surface area contributed by atoms with Gasteiger partial charge in [0.15, 0.2) is 0 Å². The molecule has 0 aliphatic heterocycles. The maximum atomic E-state index is 6.30. The highest BCUT2D eigenvalue weighted by molar-refractivity contribution is 9.10. The number of halogens is 2. The molecular formula is C14H19BrClN. The van der Waals surface area contributed by atoms with Gasteiger partial charge in [-0.15, -0.1) is 0 Å². The van der Waals surface area contributed by atoms with E-state index in [1.165, 1.54) is 37.7 Å². The van der Waals surface area contributed by atoms with Gasteiger partial charge in [0.05, 0.1) is 0 Å². The summed E-state index contributed by atoms with van der Waals surface area (Å²) in [6.45, 7) is 0. The average Bonchev–Trinajstić information content (AvgIpc) is 2.30. The first-order chi connectivity index (χ1) is 8.16. The van der Waals surface area contributed by atoms with Crippen molar-refractivity contribution in [3.63, 3.8) is 0 Å². The van der Waals surface area contributed by atoms with Gasteiger partial charge in [-0.3, -0.25) is 0 Å². The number of rotatable bonds is 3. The minimum Gasteiger partial charge on any atom is -0.324 e. The van der Waals surface area contributed by atoms with Crippen molar-refractivity contribution < 1.29 is 0 Å². The fraction of sp³-hybridized carbons (Fsp3) is 0.571. The molecule has 0 saturated heterocycles. The average molecular weight is 317 g/mol. The highest BCUT2D eigenvalue weighted by Gasteiger charge is 2.19. The van der Waals surface area contributed by atoms with Crippen molar-refractivity contribution in [3.8, 4) is 0 Å². The molecule has 2 N–H and O–H groups in total. The van der Waals surface area contributed by atoms with Gasteiger partial charge in [-0.25, -0.2) is 0 Å². The second-order valence-electron chi connectivity index (χ2n) is 5.01. The smallest absolute Gasteiger partial charge is 0.0417 e. The molecule has 1 saturated carbocycles. The standard InChI is InChI=1S/C14H19BrClN/c15-13-9-11(16)6-7-12(13)14(17)8-10-4-2-1-3-5-10/h6-7,9-10,14H,1-5,8,17H2. The molecule has 0 bridgehead atoms. The van der Waals surface area contributed by atoms with Gasteiger partial charge in [-0.1, -0.05) is 65.7 Å². The summed E-state index contributed by atoms with van der Waals surface area (Å²) in [7, 11) is 0. The largest absolute Gasteiger partial charge is 0.324 e. The summed E-state index contributed by atoms with van der Waals surface area (Å²) in [6.07, 6.45) is 7.94. The Bertz CT molecular complexity index is 374. The van der Waals surface area contributed by atoms with Crippen LogP contribution in [0.4, 0.5) is 0 Å². The molecule has 0 heterocycles. The Labute approximate surface area is 117 Å². The van der Waals surface area contributed by atoms with Crippen LogP contribution in [0.25, 0.3) is 0 Å². The summed E-state index contributed by atoms with van der Waals surface area (Å²) < 4.78 is 1.04. The molecular weight excluding hydrogens is 298 g/mol. The van der Waals surface area contributed by atoms with E-state index in [1.54, 1.807) is 0 Å². The zero-order chi connectivity index (χ0) is 12.3. The molecule has 1 fully saturated rings. The lowest BCUT2D eigenvalue weighted by Crippen LogP contribution is -2.17. The SMILES string of the molecule is NC(CC1CCCCC1)c1ccc(Cl)cc1Br. The van der Waals surface area contributed by atoms with Crippen LogP contribution in [0, 0.1) is 5.92 Å². The van der Waals surface area contributed by atoms with Crippen LogP contribution in [0.1, 0.15) is 50.1 Å². The molecule has 1 nitrogen and oxygen atoms in total. The van der Waals surface area contributed by atoms with E-state index in [4.69, 9.17) is 17.3 Å². The summed E-state index contributed by atoms with van der Waals surface area (Å²) in [5.41, 5.74) is 7.48. The highest BCUT2D eigenvalue weighted by Crippen LogP contribution is 2.33. The first kappa shape index (κ1) is 13.4. The fourth-order valence-corrected chi connectivity index (χ4v) is 3.69. The van der Waals surface area contributed by atoms with Gasteiger partial charge in [0.25, 0.3) is 0 Å². The van der Waals surface area contributed by atoms with Crippen molar-refractivity contribution in [2.45, 2.75) is 44.6 Å². The van der Waals surface area contributed by atoms with Gasteiger partial charge in [0.2, 0.25) is 0 Å². The third kappa shape index (κ3) is 3.70. The molecule has 1 unspecified atom stereocenters. The quantitative estimate of drug-likeness (QED) is 0.827. The maximum absolute atomic E-state index is 6.30. The van der Waals surface area contributed by atoms with E-state index in [0.717, 1.165) is 21.8 Å². The Morgan fingerprint density at radius 1 is 1.29 bits per heavy atom. The van der Waals surface area contributed by atoms with Gasteiger partial charge in [0, 0.05) is 15.5 Å². The molecule has 3 heteroatoms. The van der Waals surface area contributed by atoms with Crippen LogP contribution < -0.4 is 5.73 Å². The molecule has 94 valence electrons. The van der Waals surface area contributed by atoms with Crippen LogP contribution in [-0.2, 0) is 0 Å². The van der Waals surface area contributed by atoms with Crippen LogP contribution in [-0.4, -0.2) is 0 Å². The number of nitrogens with two attached hydrogens (primary N) is 1. The first-order valence-electron chi connectivity index (χ1n) is 6.37. The normalized spacial score (nSPS) is 19.2. The Morgan fingerprint density at radius 3 is 2.65 bits per heavy atom. The molecule has 0 spiro atoms. The molecule has 0 radical (unpaired) electrons. The number of hydrogen-bond acceptors (Lipinski definition) is 1. The van der Waals surface area contributed by atoms with Crippen LogP contribution >= 0.6 is 27.5 Å². The predicted octanol–water partition coefficient (Wildman–Crippen LogP) is 5.07. The van der Waals surface area contributed by atoms with Crippen molar-refractivity contribution in [1.29, 1.82) is 0 Å². The second kappa shape index (κ2) is 6.21. The van der Waals surface area contributed by atoms with Crippen molar-refractivity contribution in [3.05, 3.63) is 33.3 Å². The minimum absolute atomic E-state index is 0.129. The van der Waals surface area contributed by atoms with Crippen molar-refractivity contribution >= 4 is 27.5 Å². The van der Waals surface area contributed by atoms with Gasteiger partial charge in [0.1, 0.15) is 0 Å². The number of benzene rings is 1. The van der Waals surface area contributed by atoms with Crippen LogP contribution in [0.2, 0.25) is 5.02 Å². The van der Waals surface area contributed by atoms with Crippen LogP contribution in [0.3, 0.4) is 0 Å². The van der Waals surface area contributed by atoms with Gasteiger partial charge >= 0.3 is 0 Å². The van der Waals surface area contributed by atoms with Gasteiger partial charge in [-0.05, 0) is 30.0 Å². The lowest BCUT2D eigenvalue weighted by atomic mass is 9.83. The van der Waals surface area contributed by atoms with Crippen LogP contribution in [0.5, 0.6) is 0 Å². The van der Waals surface area contributed by atoms with Crippen LogP contribution in [0.15, 0.2) is 22.7 Å². The topological polar surface area (TPSA) is 26.0 Å². The molecule has 17 heavy (non-hydrogen) atoms. The Hall–Kier alpha value is -0.0500. The van der Waals surface area contributed by atoms with E-state index in [2.05, 4.69) is 15.9 Å². The molecule has 1 aliphatic carbocycles. The zero-order valence-corrected chi connectivity index (χ0v) is 12.3. The van der Waals surface area contributed by atoms with Crippen molar-refractivity contribution in [2.75, 3.05) is 0 Å². The van der Waals surface area contributed by atoms with Crippen molar-refractivity contribution in [2.24, 2.45) is 11.7 Å². The monoisotopic (exact) mass is 315 g/mol. The maximum Gasteiger partial charge on any atom is 0.0417 e. The fourth-order valence-electron chi connectivity index (χ4n) is 2.71. The zero-order valence-electron chi connectivity index (χ0n) is 9.96. The van der Waals surface area contributed by atoms with E-state index in [9.17, 15) is 0 Å². The molecule has 0 aromatic heterocycles. The predicted molar refractivity (Wildman–Crippen MR) is 77.3 cm³/mol. The minimum atomic E-state index is 0.129. The van der Waals surface area contributed by atoms with E-state index in [1.807, 2.05) is 18.2 Å². The molecule has 2 rings (SSSR count).